The molecule has 0 aromatic heterocycles. The number of morpholine rings is 1. The molecule has 1 atom stereocenters. The molecule has 1 heterocycles. The van der Waals surface area contributed by atoms with Crippen molar-refractivity contribution in [3.8, 4) is 5.75 Å². The lowest BCUT2D eigenvalue weighted by Gasteiger charge is -2.30. The number of hydrogen-bond acceptors (Lipinski definition) is 7. The van der Waals surface area contributed by atoms with Gasteiger partial charge in [0.15, 0.2) is 11.9 Å². The molecule has 1 aromatic carbocycles. The number of anilines is 1. The van der Waals surface area contributed by atoms with Crippen LogP contribution in [0.3, 0.4) is 0 Å². The minimum atomic E-state index is -1.25. The SMILES string of the molecule is C=C/C(=C\C)CNC1=C(Nc2cccc(C(=O)N3CCOCC3)c2O)C(=O)C1O. The van der Waals surface area contributed by atoms with Gasteiger partial charge in [0.25, 0.3) is 5.91 Å². The monoisotopic (exact) mass is 399 g/mol. The van der Waals surface area contributed by atoms with Gasteiger partial charge < -0.3 is 30.5 Å². The predicted octanol–water partition coefficient (Wildman–Crippen LogP) is 1.15. The van der Waals surface area contributed by atoms with Gasteiger partial charge in [-0.2, -0.15) is 0 Å². The Morgan fingerprint density at radius 3 is 2.76 bits per heavy atom. The second kappa shape index (κ2) is 8.93. The summed E-state index contributed by atoms with van der Waals surface area (Å²) in [5.74, 6) is -1.03. The summed E-state index contributed by atoms with van der Waals surface area (Å²) in [4.78, 5) is 26.4. The van der Waals surface area contributed by atoms with Crippen LogP contribution in [0.25, 0.3) is 0 Å². The van der Waals surface area contributed by atoms with Gasteiger partial charge >= 0.3 is 0 Å². The third kappa shape index (κ3) is 4.18. The predicted molar refractivity (Wildman–Crippen MR) is 108 cm³/mol. The summed E-state index contributed by atoms with van der Waals surface area (Å²) < 4.78 is 5.25. The molecule has 1 aliphatic heterocycles. The number of aliphatic hydroxyl groups is 1. The summed E-state index contributed by atoms with van der Waals surface area (Å²) in [5.41, 5.74) is 1.75. The van der Waals surface area contributed by atoms with Gasteiger partial charge in [-0.05, 0) is 24.6 Å². The lowest BCUT2D eigenvalue weighted by atomic mass is 9.94. The fourth-order valence-electron chi connectivity index (χ4n) is 3.15. The smallest absolute Gasteiger partial charge is 0.257 e. The Kier molecular flexibility index (Phi) is 6.36. The number of phenolic OH excluding ortho intramolecular Hbond substituents is 1. The molecule has 3 rings (SSSR count). The molecular formula is C21H25N3O5. The molecule has 4 N–H and O–H groups in total. The summed E-state index contributed by atoms with van der Waals surface area (Å²) in [6.45, 7) is 7.79. The van der Waals surface area contributed by atoms with Crippen molar-refractivity contribution >= 4 is 17.4 Å². The van der Waals surface area contributed by atoms with Crippen molar-refractivity contribution < 1.29 is 24.5 Å². The minimum absolute atomic E-state index is 0.141. The van der Waals surface area contributed by atoms with E-state index < -0.39 is 11.9 Å². The molecule has 1 fully saturated rings. The molecule has 1 aliphatic carbocycles. The van der Waals surface area contributed by atoms with E-state index >= 15 is 0 Å². The van der Waals surface area contributed by atoms with E-state index in [9.17, 15) is 19.8 Å². The number of aromatic hydroxyl groups is 1. The van der Waals surface area contributed by atoms with E-state index in [0.29, 0.717) is 38.5 Å². The molecule has 8 heteroatoms. The Labute approximate surface area is 169 Å². The quantitative estimate of drug-likeness (QED) is 0.402. The van der Waals surface area contributed by atoms with Gasteiger partial charge in [-0.1, -0.05) is 24.8 Å². The maximum absolute atomic E-state index is 12.7. The summed E-state index contributed by atoms with van der Waals surface area (Å²) in [6, 6.07) is 4.72. The zero-order valence-corrected chi connectivity index (χ0v) is 16.3. The number of phenols is 1. The first-order chi connectivity index (χ1) is 14.0. The van der Waals surface area contributed by atoms with Crippen LogP contribution in [0.1, 0.15) is 17.3 Å². The van der Waals surface area contributed by atoms with Crippen molar-refractivity contribution in [1.82, 2.24) is 10.2 Å². The highest BCUT2D eigenvalue weighted by Crippen LogP contribution is 2.33. The summed E-state index contributed by atoms with van der Waals surface area (Å²) in [5, 5.41) is 26.5. The van der Waals surface area contributed by atoms with E-state index in [2.05, 4.69) is 17.2 Å². The number of carbonyl (C=O) groups is 2. The number of hydrogen-bond donors (Lipinski definition) is 4. The first kappa shape index (κ1) is 20.6. The number of nitrogens with one attached hydrogen (secondary N) is 2. The second-order valence-corrected chi connectivity index (χ2v) is 6.71. The molecule has 1 unspecified atom stereocenters. The van der Waals surface area contributed by atoms with Crippen LogP contribution in [0.15, 0.2) is 53.9 Å². The highest BCUT2D eigenvalue weighted by molar-refractivity contribution is 6.11. The maximum atomic E-state index is 12.7. The van der Waals surface area contributed by atoms with E-state index in [1.165, 1.54) is 6.07 Å². The number of ether oxygens (including phenoxy) is 1. The second-order valence-electron chi connectivity index (χ2n) is 6.71. The molecule has 154 valence electrons. The molecule has 1 amide bonds. The van der Waals surface area contributed by atoms with Crippen molar-refractivity contribution in [3.05, 3.63) is 59.5 Å². The lowest BCUT2D eigenvalue weighted by Crippen LogP contribution is -2.46. The summed E-state index contributed by atoms with van der Waals surface area (Å²) >= 11 is 0. The molecule has 0 spiro atoms. The van der Waals surface area contributed by atoms with Crippen molar-refractivity contribution in [2.75, 3.05) is 38.2 Å². The Morgan fingerprint density at radius 2 is 2.10 bits per heavy atom. The molecule has 1 aromatic rings. The van der Waals surface area contributed by atoms with E-state index in [1.54, 1.807) is 23.1 Å². The van der Waals surface area contributed by atoms with Gasteiger partial charge in [-0.15, -0.1) is 0 Å². The Balaban J connectivity index is 1.80. The molecule has 0 bridgehead atoms. The van der Waals surface area contributed by atoms with Crippen molar-refractivity contribution in [1.29, 1.82) is 0 Å². The van der Waals surface area contributed by atoms with E-state index in [4.69, 9.17) is 4.74 Å². The van der Waals surface area contributed by atoms with E-state index in [0.717, 1.165) is 5.57 Å². The number of ketones is 1. The zero-order chi connectivity index (χ0) is 21.0. The maximum Gasteiger partial charge on any atom is 0.257 e. The van der Waals surface area contributed by atoms with Gasteiger partial charge in [0, 0.05) is 19.6 Å². The highest BCUT2D eigenvalue weighted by atomic mass is 16.5. The molecule has 0 saturated carbocycles. The van der Waals surface area contributed by atoms with Crippen LogP contribution < -0.4 is 10.6 Å². The topological polar surface area (TPSA) is 111 Å². The molecule has 0 radical (unpaired) electrons. The number of benzene rings is 1. The van der Waals surface area contributed by atoms with Crippen molar-refractivity contribution in [2.45, 2.75) is 13.0 Å². The summed E-state index contributed by atoms with van der Waals surface area (Å²) in [7, 11) is 0. The first-order valence-electron chi connectivity index (χ1n) is 9.41. The molecule has 29 heavy (non-hydrogen) atoms. The number of rotatable bonds is 7. The fraction of sp³-hybridized carbons (Fsp3) is 0.333. The van der Waals surface area contributed by atoms with Crippen LogP contribution in [0.2, 0.25) is 0 Å². The number of allylic oxidation sites excluding steroid dienone is 1. The largest absolute Gasteiger partial charge is 0.505 e. The highest BCUT2D eigenvalue weighted by Gasteiger charge is 2.38. The van der Waals surface area contributed by atoms with Gasteiger partial charge in [0.1, 0.15) is 5.70 Å². The van der Waals surface area contributed by atoms with Gasteiger partial charge in [0.2, 0.25) is 5.78 Å². The normalized spacial score (nSPS) is 19.7. The van der Waals surface area contributed by atoms with Crippen molar-refractivity contribution in [3.63, 3.8) is 0 Å². The summed E-state index contributed by atoms with van der Waals surface area (Å²) in [6.07, 6.45) is 2.30. The van der Waals surface area contributed by atoms with Gasteiger partial charge in [0.05, 0.1) is 30.2 Å². The number of amides is 1. The van der Waals surface area contributed by atoms with Crippen LogP contribution in [0.4, 0.5) is 5.69 Å². The van der Waals surface area contributed by atoms with Gasteiger partial charge in [-0.25, -0.2) is 0 Å². The van der Waals surface area contributed by atoms with Crippen LogP contribution in [-0.2, 0) is 9.53 Å². The van der Waals surface area contributed by atoms with Gasteiger partial charge in [-0.3, -0.25) is 9.59 Å². The molecular weight excluding hydrogens is 374 g/mol. The van der Waals surface area contributed by atoms with Crippen LogP contribution in [-0.4, -0.2) is 65.8 Å². The Morgan fingerprint density at radius 1 is 1.38 bits per heavy atom. The third-order valence-corrected chi connectivity index (χ3v) is 4.98. The van der Waals surface area contributed by atoms with Crippen LogP contribution in [0.5, 0.6) is 5.75 Å². The number of Topliss-reactive ketones (excluding diaryl/α,β-unsaturated/α-hetero) is 1. The number of carbonyl (C=O) groups excluding carboxylic acids is 2. The Hall–Kier alpha value is -3.10. The first-order valence-corrected chi connectivity index (χ1v) is 9.41. The van der Waals surface area contributed by atoms with E-state index in [-0.39, 0.29) is 28.6 Å². The average molecular weight is 399 g/mol. The molecule has 2 aliphatic rings. The lowest BCUT2D eigenvalue weighted by molar-refractivity contribution is -0.124. The van der Waals surface area contributed by atoms with E-state index in [1.807, 2.05) is 13.0 Å². The third-order valence-electron chi connectivity index (χ3n) is 4.98. The Bertz CT molecular complexity index is 884. The van der Waals surface area contributed by atoms with Crippen LogP contribution in [0, 0.1) is 0 Å². The minimum Gasteiger partial charge on any atom is -0.505 e. The zero-order valence-electron chi connectivity index (χ0n) is 16.3. The molecule has 1 saturated heterocycles. The standard InChI is InChI=1S/C21H25N3O5/c1-3-13(4-2)12-22-16-17(20(27)19(16)26)23-15-7-5-6-14(18(15)25)21(28)24-8-10-29-11-9-24/h3-7,19,22-23,25-26H,1,8-12H2,2H3/b13-4+. The van der Waals surface area contributed by atoms with Crippen LogP contribution >= 0.6 is 0 Å². The number of para-hydroxylation sites is 1. The molecule has 8 nitrogen and oxygen atoms in total. The van der Waals surface area contributed by atoms with Crippen molar-refractivity contribution in [2.24, 2.45) is 0 Å². The number of nitrogens with zero attached hydrogens (tertiary/aromatic N) is 1. The fourth-order valence-corrected chi connectivity index (χ4v) is 3.15. The number of aliphatic hydroxyl groups excluding tert-OH is 1. The average Bonchev–Trinajstić information content (AvgIpc) is 2.76.